The average Bonchev–Trinajstić information content (AvgIpc) is 1.85. The highest BCUT2D eigenvalue weighted by molar-refractivity contribution is 5.00. The molecule has 2 atom stereocenters. The van der Waals surface area contributed by atoms with E-state index in [1.54, 1.807) is 0 Å². The molecule has 0 saturated heterocycles. The van der Waals surface area contributed by atoms with Gasteiger partial charge in [0.1, 0.15) is 0 Å². The molecule has 10 heavy (non-hydrogen) atoms. The molecule has 0 amide bonds. The average molecular weight is 141 g/mol. The lowest BCUT2D eigenvalue weighted by Crippen LogP contribution is -2.18. The van der Waals surface area contributed by atoms with E-state index in [1.807, 2.05) is 0 Å². The molecule has 0 saturated carbocycles. The molecule has 0 aromatic rings. The maximum atomic E-state index is 5.66. The quantitative estimate of drug-likeness (QED) is 0.600. The van der Waals surface area contributed by atoms with Gasteiger partial charge in [-0.3, -0.25) is 0 Å². The van der Waals surface area contributed by atoms with Crippen molar-refractivity contribution in [3.8, 4) is 0 Å². The molecule has 0 aliphatic heterocycles. The molecule has 0 aliphatic rings. The van der Waals surface area contributed by atoms with Gasteiger partial charge in [-0.1, -0.05) is 18.6 Å². The van der Waals surface area contributed by atoms with Gasteiger partial charge in [0.25, 0.3) is 0 Å². The van der Waals surface area contributed by atoms with Gasteiger partial charge in [0.05, 0.1) is 0 Å². The van der Waals surface area contributed by atoms with Crippen LogP contribution in [0.5, 0.6) is 0 Å². The first kappa shape index (κ1) is 9.70. The minimum absolute atomic E-state index is 0.324. The summed E-state index contributed by atoms with van der Waals surface area (Å²) in [6.45, 7) is 8.51. The van der Waals surface area contributed by atoms with Crippen molar-refractivity contribution in [2.24, 2.45) is 11.7 Å². The fraction of sp³-hybridized carbons (Fsp3) is 0.778. The van der Waals surface area contributed by atoms with Crippen LogP contribution in [0.4, 0.5) is 0 Å². The summed E-state index contributed by atoms with van der Waals surface area (Å²) in [5.41, 5.74) is 7.10. The van der Waals surface area contributed by atoms with E-state index in [2.05, 4.69) is 33.8 Å². The van der Waals surface area contributed by atoms with Crippen molar-refractivity contribution < 1.29 is 0 Å². The topological polar surface area (TPSA) is 26.0 Å². The normalized spacial score (nSPS) is 18.7. The van der Waals surface area contributed by atoms with Crippen LogP contribution in [0, 0.1) is 5.92 Å². The highest BCUT2D eigenvalue weighted by Gasteiger charge is 2.05. The van der Waals surface area contributed by atoms with Crippen molar-refractivity contribution in [2.75, 3.05) is 0 Å². The van der Waals surface area contributed by atoms with Gasteiger partial charge in [0, 0.05) is 6.04 Å². The van der Waals surface area contributed by atoms with Crippen molar-refractivity contribution in [3.63, 3.8) is 0 Å². The lowest BCUT2D eigenvalue weighted by molar-refractivity contribution is 0.539. The van der Waals surface area contributed by atoms with Crippen molar-refractivity contribution in [1.82, 2.24) is 0 Å². The van der Waals surface area contributed by atoms with E-state index in [4.69, 9.17) is 5.73 Å². The summed E-state index contributed by atoms with van der Waals surface area (Å²) in [5, 5.41) is 0. The molecule has 0 radical (unpaired) electrons. The Kier molecular flexibility index (Phi) is 4.37. The van der Waals surface area contributed by atoms with E-state index in [0.717, 1.165) is 6.42 Å². The van der Waals surface area contributed by atoms with Gasteiger partial charge in [-0.05, 0) is 33.1 Å². The summed E-state index contributed by atoms with van der Waals surface area (Å²) in [6, 6.07) is 0.324. The van der Waals surface area contributed by atoms with Crippen molar-refractivity contribution >= 4 is 0 Å². The molecule has 0 fully saturated rings. The largest absolute Gasteiger partial charge is 0.328 e. The van der Waals surface area contributed by atoms with Gasteiger partial charge in [-0.2, -0.15) is 0 Å². The zero-order chi connectivity index (χ0) is 8.15. The Bertz CT molecular complexity index is 114. The highest BCUT2D eigenvalue weighted by atomic mass is 14.6. The molecule has 0 spiro atoms. The third-order valence-electron chi connectivity index (χ3n) is 1.96. The molecule has 0 aliphatic carbocycles. The van der Waals surface area contributed by atoms with Crippen LogP contribution in [0.2, 0.25) is 0 Å². The molecule has 60 valence electrons. The molecular formula is C9H19N. The van der Waals surface area contributed by atoms with Crippen LogP contribution < -0.4 is 5.73 Å². The summed E-state index contributed by atoms with van der Waals surface area (Å²) in [6.07, 6.45) is 3.25. The molecular weight excluding hydrogens is 122 g/mol. The summed E-state index contributed by atoms with van der Waals surface area (Å²) in [4.78, 5) is 0. The first-order valence-electron chi connectivity index (χ1n) is 3.96. The van der Waals surface area contributed by atoms with E-state index < -0.39 is 0 Å². The first-order chi connectivity index (χ1) is 4.57. The van der Waals surface area contributed by atoms with Gasteiger partial charge in [0.15, 0.2) is 0 Å². The van der Waals surface area contributed by atoms with E-state index in [0.29, 0.717) is 12.0 Å². The van der Waals surface area contributed by atoms with Gasteiger partial charge >= 0.3 is 0 Å². The van der Waals surface area contributed by atoms with Gasteiger partial charge in [-0.25, -0.2) is 0 Å². The zero-order valence-electron chi connectivity index (χ0n) is 7.52. The fourth-order valence-electron chi connectivity index (χ4n) is 1.03. The van der Waals surface area contributed by atoms with E-state index >= 15 is 0 Å². The molecule has 2 N–H and O–H groups in total. The van der Waals surface area contributed by atoms with Crippen molar-refractivity contribution in [1.29, 1.82) is 0 Å². The molecule has 0 aromatic heterocycles. The molecule has 0 unspecified atom stereocenters. The monoisotopic (exact) mass is 141 g/mol. The van der Waals surface area contributed by atoms with Crippen LogP contribution in [0.25, 0.3) is 0 Å². The number of allylic oxidation sites excluding steroid dienone is 2. The Balaban J connectivity index is 3.73. The number of hydrogen-bond acceptors (Lipinski definition) is 1. The summed E-state index contributed by atoms with van der Waals surface area (Å²) >= 11 is 0. The van der Waals surface area contributed by atoms with Crippen LogP contribution >= 0.6 is 0 Å². The van der Waals surface area contributed by atoms with Crippen LogP contribution in [-0.4, -0.2) is 6.04 Å². The highest BCUT2D eigenvalue weighted by Crippen LogP contribution is 2.14. The SMILES string of the molecule is C/C=C(\C)[C@H](C)C[C@H](C)N. The summed E-state index contributed by atoms with van der Waals surface area (Å²) < 4.78 is 0. The predicted octanol–water partition coefficient (Wildman–Crippen LogP) is 2.33. The van der Waals surface area contributed by atoms with Crippen molar-refractivity contribution in [3.05, 3.63) is 11.6 Å². The standard InChI is InChI=1S/C9H19N/c1-5-7(2)8(3)6-9(4)10/h5,8-9H,6,10H2,1-4H3/b7-5+/t8-,9+/m1/s1. The third-order valence-corrected chi connectivity index (χ3v) is 1.96. The molecule has 1 nitrogen and oxygen atoms in total. The Labute approximate surface area is 64.3 Å². The number of rotatable bonds is 3. The molecule has 0 heterocycles. The molecule has 0 bridgehead atoms. The van der Waals surface area contributed by atoms with Crippen LogP contribution in [0.15, 0.2) is 11.6 Å². The fourth-order valence-corrected chi connectivity index (χ4v) is 1.03. The Morgan fingerprint density at radius 1 is 1.50 bits per heavy atom. The van der Waals surface area contributed by atoms with Gasteiger partial charge in [-0.15, -0.1) is 0 Å². The lowest BCUT2D eigenvalue weighted by Gasteiger charge is -2.13. The van der Waals surface area contributed by atoms with Gasteiger partial charge in [0.2, 0.25) is 0 Å². The minimum atomic E-state index is 0.324. The third kappa shape index (κ3) is 3.67. The molecule has 0 rings (SSSR count). The van der Waals surface area contributed by atoms with Crippen LogP contribution in [0.3, 0.4) is 0 Å². The Morgan fingerprint density at radius 2 is 2.00 bits per heavy atom. The van der Waals surface area contributed by atoms with E-state index in [-0.39, 0.29) is 0 Å². The first-order valence-corrected chi connectivity index (χ1v) is 3.96. The van der Waals surface area contributed by atoms with Crippen LogP contribution in [0.1, 0.15) is 34.1 Å². The zero-order valence-corrected chi connectivity index (χ0v) is 7.52. The number of hydrogen-bond donors (Lipinski definition) is 1. The van der Waals surface area contributed by atoms with E-state index in [9.17, 15) is 0 Å². The summed E-state index contributed by atoms with van der Waals surface area (Å²) in [5.74, 6) is 0.644. The Hall–Kier alpha value is -0.300. The maximum Gasteiger partial charge on any atom is 0.00160 e. The van der Waals surface area contributed by atoms with Gasteiger partial charge < -0.3 is 5.73 Å². The number of nitrogens with two attached hydrogens (primary N) is 1. The molecule has 1 heteroatoms. The summed E-state index contributed by atoms with van der Waals surface area (Å²) in [7, 11) is 0. The lowest BCUT2D eigenvalue weighted by atomic mass is 9.96. The van der Waals surface area contributed by atoms with Crippen molar-refractivity contribution in [2.45, 2.75) is 40.2 Å². The Morgan fingerprint density at radius 3 is 2.30 bits per heavy atom. The maximum absolute atomic E-state index is 5.66. The second-order valence-corrected chi connectivity index (χ2v) is 3.15. The smallest absolute Gasteiger partial charge is 0.00160 e. The minimum Gasteiger partial charge on any atom is -0.328 e. The predicted molar refractivity (Wildman–Crippen MR) is 46.9 cm³/mol. The molecule has 0 aromatic carbocycles. The second-order valence-electron chi connectivity index (χ2n) is 3.15. The van der Waals surface area contributed by atoms with E-state index in [1.165, 1.54) is 5.57 Å². The van der Waals surface area contributed by atoms with Crippen LogP contribution in [-0.2, 0) is 0 Å². The second kappa shape index (κ2) is 4.51.